The average molecular weight is 153 g/mol. The second-order valence-electron chi connectivity index (χ2n) is 2.42. The van der Waals surface area contributed by atoms with Crippen molar-refractivity contribution in [2.75, 3.05) is 6.54 Å². The summed E-state index contributed by atoms with van der Waals surface area (Å²) in [6.45, 7) is 1.91. The van der Waals surface area contributed by atoms with E-state index in [-0.39, 0.29) is 12.3 Å². The van der Waals surface area contributed by atoms with Gasteiger partial charge in [-0.25, -0.2) is 0 Å². The van der Waals surface area contributed by atoms with Gasteiger partial charge in [0.05, 0.1) is 6.54 Å². The quantitative estimate of drug-likeness (QED) is 0.602. The summed E-state index contributed by atoms with van der Waals surface area (Å²) in [4.78, 5) is 11.0. The maximum atomic E-state index is 11.0. The van der Waals surface area contributed by atoms with Crippen LogP contribution >= 0.6 is 0 Å². The predicted molar refractivity (Wildman–Crippen MR) is 41.3 cm³/mol. The third kappa shape index (κ3) is 1.46. The van der Waals surface area contributed by atoms with Gasteiger partial charge in [-0.05, 0) is 13.0 Å². The minimum absolute atomic E-state index is 0.0243. The summed E-state index contributed by atoms with van der Waals surface area (Å²) in [5.41, 5.74) is 6.58. The molecule has 4 heteroatoms. The van der Waals surface area contributed by atoms with Gasteiger partial charge in [0.25, 0.3) is 0 Å². The lowest BCUT2D eigenvalue weighted by molar-refractivity contribution is 0.0996. The summed E-state index contributed by atoms with van der Waals surface area (Å²) in [5, 5.41) is 3.97. The smallest absolute Gasteiger partial charge is 0.196 e. The van der Waals surface area contributed by atoms with E-state index in [0.29, 0.717) is 5.69 Å². The van der Waals surface area contributed by atoms with Crippen molar-refractivity contribution >= 4 is 5.78 Å². The molecular weight excluding hydrogens is 142 g/mol. The Kier molecular flexibility index (Phi) is 2.05. The van der Waals surface area contributed by atoms with Crippen molar-refractivity contribution in [3.05, 3.63) is 17.5 Å². The van der Waals surface area contributed by atoms with E-state index in [0.717, 1.165) is 5.69 Å². The van der Waals surface area contributed by atoms with Gasteiger partial charge in [-0.15, -0.1) is 0 Å². The second kappa shape index (κ2) is 2.84. The summed E-state index contributed by atoms with van der Waals surface area (Å²) in [7, 11) is 1.79. The highest BCUT2D eigenvalue weighted by Gasteiger charge is 2.07. The van der Waals surface area contributed by atoms with Crippen molar-refractivity contribution in [1.82, 2.24) is 9.78 Å². The number of ketones is 1. The summed E-state index contributed by atoms with van der Waals surface area (Å²) < 4.78 is 1.66. The van der Waals surface area contributed by atoms with E-state index >= 15 is 0 Å². The molecule has 0 fully saturated rings. The van der Waals surface area contributed by atoms with Crippen LogP contribution < -0.4 is 5.73 Å². The van der Waals surface area contributed by atoms with Crippen LogP contribution in [0.4, 0.5) is 0 Å². The normalized spacial score (nSPS) is 10.1. The first kappa shape index (κ1) is 7.94. The van der Waals surface area contributed by atoms with Gasteiger partial charge >= 0.3 is 0 Å². The third-order valence-corrected chi connectivity index (χ3v) is 1.58. The molecule has 2 N–H and O–H groups in total. The van der Waals surface area contributed by atoms with Crippen molar-refractivity contribution in [2.24, 2.45) is 12.8 Å². The van der Waals surface area contributed by atoms with Gasteiger partial charge in [0.15, 0.2) is 5.78 Å². The molecule has 1 heterocycles. The van der Waals surface area contributed by atoms with Crippen LogP contribution in [0, 0.1) is 6.92 Å². The molecule has 0 aromatic carbocycles. The maximum Gasteiger partial charge on any atom is 0.196 e. The molecular formula is C7H11N3O. The lowest BCUT2D eigenvalue weighted by Gasteiger charge is -1.89. The van der Waals surface area contributed by atoms with E-state index in [1.54, 1.807) is 17.8 Å². The van der Waals surface area contributed by atoms with Gasteiger partial charge in [-0.1, -0.05) is 0 Å². The van der Waals surface area contributed by atoms with Gasteiger partial charge in [-0.2, -0.15) is 5.10 Å². The fourth-order valence-electron chi connectivity index (χ4n) is 0.801. The van der Waals surface area contributed by atoms with Crippen molar-refractivity contribution in [1.29, 1.82) is 0 Å². The molecule has 0 aliphatic carbocycles. The van der Waals surface area contributed by atoms with Crippen LogP contribution in [-0.4, -0.2) is 22.1 Å². The van der Waals surface area contributed by atoms with Crippen LogP contribution in [0.1, 0.15) is 16.2 Å². The summed E-state index contributed by atoms with van der Waals surface area (Å²) in [6.07, 6.45) is 0. The number of nitrogens with two attached hydrogens (primary N) is 1. The Hall–Kier alpha value is -1.16. The van der Waals surface area contributed by atoms with Crippen LogP contribution in [-0.2, 0) is 7.05 Å². The Balaban J connectivity index is 2.97. The first-order valence-corrected chi connectivity index (χ1v) is 3.39. The number of hydrogen-bond donors (Lipinski definition) is 1. The zero-order valence-corrected chi connectivity index (χ0v) is 6.66. The molecule has 0 bridgehead atoms. The molecule has 4 nitrogen and oxygen atoms in total. The van der Waals surface area contributed by atoms with Crippen molar-refractivity contribution < 1.29 is 4.79 Å². The largest absolute Gasteiger partial charge is 0.324 e. The van der Waals surface area contributed by atoms with E-state index in [9.17, 15) is 4.79 Å². The van der Waals surface area contributed by atoms with Crippen LogP contribution in [0.5, 0.6) is 0 Å². The van der Waals surface area contributed by atoms with Crippen molar-refractivity contribution in [2.45, 2.75) is 6.92 Å². The Labute approximate surface area is 65.0 Å². The number of aromatic nitrogens is 2. The van der Waals surface area contributed by atoms with Gasteiger partial charge in [0.1, 0.15) is 5.69 Å². The zero-order valence-electron chi connectivity index (χ0n) is 6.66. The molecule has 0 atom stereocenters. The van der Waals surface area contributed by atoms with Gasteiger partial charge < -0.3 is 5.73 Å². The number of carbonyl (C=O) groups is 1. The molecule has 0 spiro atoms. The molecule has 0 saturated carbocycles. The zero-order chi connectivity index (χ0) is 8.43. The minimum atomic E-state index is -0.117. The molecule has 11 heavy (non-hydrogen) atoms. The van der Waals surface area contributed by atoms with E-state index in [4.69, 9.17) is 5.73 Å². The average Bonchev–Trinajstić information content (AvgIpc) is 2.31. The van der Waals surface area contributed by atoms with E-state index in [2.05, 4.69) is 5.10 Å². The Morgan fingerprint density at radius 2 is 2.45 bits per heavy atom. The molecule has 60 valence electrons. The van der Waals surface area contributed by atoms with Crippen molar-refractivity contribution in [3.63, 3.8) is 0 Å². The Morgan fingerprint density at radius 3 is 2.82 bits per heavy atom. The highest BCUT2D eigenvalue weighted by molar-refractivity contribution is 5.95. The fourth-order valence-corrected chi connectivity index (χ4v) is 0.801. The maximum absolute atomic E-state index is 11.0. The van der Waals surface area contributed by atoms with Crippen LogP contribution in [0.2, 0.25) is 0 Å². The molecule has 0 unspecified atom stereocenters. The Morgan fingerprint density at radius 1 is 1.82 bits per heavy atom. The van der Waals surface area contributed by atoms with Gasteiger partial charge in [0, 0.05) is 12.7 Å². The number of carbonyl (C=O) groups excluding carboxylic acids is 1. The predicted octanol–water partition coefficient (Wildman–Crippen LogP) is -0.130. The lowest BCUT2D eigenvalue weighted by atomic mass is 10.3. The highest BCUT2D eigenvalue weighted by atomic mass is 16.1. The highest BCUT2D eigenvalue weighted by Crippen LogP contribution is 2.00. The first-order valence-electron chi connectivity index (χ1n) is 3.39. The fraction of sp³-hybridized carbons (Fsp3) is 0.429. The number of aryl methyl sites for hydroxylation is 2. The molecule has 1 aromatic rings. The van der Waals surface area contributed by atoms with E-state index < -0.39 is 0 Å². The SMILES string of the molecule is Cc1cc(C(=O)CN)nn1C. The number of nitrogens with zero attached hydrogens (tertiary/aromatic N) is 2. The Bertz CT molecular complexity index is 258. The monoisotopic (exact) mass is 153 g/mol. The van der Waals surface area contributed by atoms with Crippen molar-refractivity contribution in [3.8, 4) is 0 Å². The summed E-state index contributed by atoms with van der Waals surface area (Å²) >= 11 is 0. The molecule has 0 aliphatic heterocycles. The second-order valence-corrected chi connectivity index (χ2v) is 2.42. The van der Waals surface area contributed by atoms with Crippen LogP contribution in [0.15, 0.2) is 6.07 Å². The molecule has 1 aromatic heterocycles. The van der Waals surface area contributed by atoms with Gasteiger partial charge in [-0.3, -0.25) is 9.48 Å². The lowest BCUT2D eigenvalue weighted by Crippen LogP contribution is -2.14. The molecule has 0 aliphatic rings. The van der Waals surface area contributed by atoms with E-state index in [1.807, 2.05) is 6.92 Å². The molecule has 1 rings (SSSR count). The third-order valence-electron chi connectivity index (χ3n) is 1.58. The standard InChI is InChI=1S/C7H11N3O/c1-5-3-6(7(11)4-8)9-10(5)2/h3H,4,8H2,1-2H3. The topological polar surface area (TPSA) is 60.9 Å². The molecule has 0 amide bonds. The molecule has 0 radical (unpaired) electrons. The summed E-state index contributed by atoms with van der Waals surface area (Å²) in [5.74, 6) is -0.117. The van der Waals surface area contributed by atoms with Gasteiger partial charge in [0.2, 0.25) is 0 Å². The first-order chi connectivity index (χ1) is 5.15. The number of rotatable bonds is 2. The molecule has 0 saturated heterocycles. The summed E-state index contributed by atoms with van der Waals surface area (Å²) in [6, 6.07) is 1.73. The number of hydrogen-bond acceptors (Lipinski definition) is 3. The van der Waals surface area contributed by atoms with Crippen LogP contribution in [0.25, 0.3) is 0 Å². The van der Waals surface area contributed by atoms with E-state index in [1.165, 1.54) is 0 Å². The number of Topliss-reactive ketones (excluding diaryl/α,β-unsaturated/α-hetero) is 1. The minimum Gasteiger partial charge on any atom is -0.324 e. The van der Waals surface area contributed by atoms with Crippen LogP contribution in [0.3, 0.4) is 0 Å².